The first-order valence-electron chi connectivity index (χ1n) is 10.00. The number of carbonyl (C=O) groups is 1. The van der Waals surface area contributed by atoms with Crippen LogP contribution in [0.25, 0.3) is 0 Å². The number of furan rings is 1. The van der Waals surface area contributed by atoms with E-state index in [0.717, 1.165) is 48.9 Å². The van der Waals surface area contributed by atoms with Gasteiger partial charge in [-0.2, -0.15) is 0 Å². The fraction of sp³-hybridized carbons (Fsp3) is 0.381. The van der Waals surface area contributed by atoms with Gasteiger partial charge in [-0.25, -0.2) is 0 Å². The molecule has 0 bridgehead atoms. The number of anilines is 2. The number of rotatable bonds is 7. The molecule has 1 N–H and O–H groups in total. The summed E-state index contributed by atoms with van der Waals surface area (Å²) in [7, 11) is 0. The Labute approximate surface area is 184 Å². The maximum Gasteiger partial charge on any atom is 0.234 e. The van der Waals surface area contributed by atoms with E-state index in [2.05, 4.69) is 20.4 Å². The second-order valence-corrected chi connectivity index (χ2v) is 8.59. The smallest absolute Gasteiger partial charge is 0.234 e. The Hall–Kier alpha value is -2.45. The third-order valence-electron chi connectivity index (χ3n) is 5.10. The summed E-state index contributed by atoms with van der Waals surface area (Å²) < 4.78 is 7.57. The zero-order chi connectivity index (χ0) is 20.9. The molecular weight excluding hydrogens is 422 g/mol. The van der Waals surface area contributed by atoms with Gasteiger partial charge in [-0.05, 0) is 56.0 Å². The van der Waals surface area contributed by atoms with Gasteiger partial charge in [0.2, 0.25) is 11.9 Å². The van der Waals surface area contributed by atoms with Crippen LogP contribution in [0.15, 0.2) is 46.2 Å². The van der Waals surface area contributed by atoms with Crippen LogP contribution in [0.2, 0.25) is 5.02 Å². The monoisotopic (exact) mass is 445 g/mol. The molecule has 30 heavy (non-hydrogen) atoms. The van der Waals surface area contributed by atoms with E-state index in [-0.39, 0.29) is 11.7 Å². The van der Waals surface area contributed by atoms with Crippen LogP contribution in [0, 0.1) is 6.92 Å². The van der Waals surface area contributed by atoms with Crippen molar-refractivity contribution in [3.63, 3.8) is 0 Å². The number of halogens is 1. The van der Waals surface area contributed by atoms with Gasteiger partial charge >= 0.3 is 0 Å². The molecule has 1 fully saturated rings. The highest BCUT2D eigenvalue weighted by Gasteiger charge is 2.22. The van der Waals surface area contributed by atoms with E-state index < -0.39 is 0 Å². The number of nitrogens with one attached hydrogen (secondary N) is 1. The molecule has 3 heterocycles. The second kappa shape index (κ2) is 9.57. The molecule has 2 aromatic heterocycles. The summed E-state index contributed by atoms with van der Waals surface area (Å²) in [4.78, 5) is 14.8. The number of thioether (sulfide) groups is 1. The summed E-state index contributed by atoms with van der Waals surface area (Å²) in [6.45, 7) is 4.35. The molecule has 0 atom stereocenters. The highest BCUT2D eigenvalue weighted by molar-refractivity contribution is 7.99. The summed E-state index contributed by atoms with van der Waals surface area (Å²) in [5.41, 5.74) is 1.57. The number of amides is 1. The summed E-state index contributed by atoms with van der Waals surface area (Å²) in [6, 6.07) is 9.28. The average Bonchev–Trinajstić information content (AvgIpc) is 3.41. The lowest BCUT2D eigenvalue weighted by Gasteiger charge is -2.27. The van der Waals surface area contributed by atoms with E-state index in [1.165, 1.54) is 18.2 Å². The lowest BCUT2D eigenvalue weighted by atomic mass is 10.1. The Bertz CT molecular complexity index is 999. The maximum atomic E-state index is 12.5. The third-order valence-corrected chi connectivity index (χ3v) is 6.48. The predicted molar refractivity (Wildman–Crippen MR) is 119 cm³/mol. The van der Waals surface area contributed by atoms with Crippen molar-refractivity contribution >= 4 is 40.9 Å². The zero-order valence-corrected chi connectivity index (χ0v) is 18.4. The van der Waals surface area contributed by atoms with E-state index >= 15 is 0 Å². The van der Waals surface area contributed by atoms with Gasteiger partial charge in [0.1, 0.15) is 5.76 Å². The van der Waals surface area contributed by atoms with Crippen molar-refractivity contribution < 1.29 is 9.21 Å². The molecule has 0 saturated carbocycles. The first kappa shape index (κ1) is 20.8. The lowest BCUT2D eigenvalue weighted by Crippen LogP contribution is -2.32. The number of hydrogen-bond acceptors (Lipinski definition) is 6. The number of piperidine rings is 1. The molecule has 3 aromatic rings. The third kappa shape index (κ3) is 4.82. The Morgan fingerprint density at radius 3 is 2.80 bits per heavy atom. The van der Waals surface area contributed by atoms with Crippen molar-refractivity contribution in [2.75, 3.05) is 29.1 Å². The van der Waals surface area contributed by atoms with Crippen LogP contribution in [0.5, 0.6) is 0 Å². The minimum atomic E-state index is -0.113. The Morgan fingerprint density at radius 1 is 1.20 bits per heavy atom. The molecule has 158 valence electrons. The Balaban J connectivity index is 1.48. The number of nitrogens with zero attached hydrogens (tertiary/aromatic N) is 4. The number of benzene rings is 1. The summed E-state index contributed by atoms with van der Waals surface area (Å²) in [6.07, 6.45) is 5.20. The number of hydrogen-bond donors (Lipinski definition) is 1. The molecular formula is C21H24ClN5O2S. The van der Waals surface area contributed by atoms with Crippen LogP contribution in [0.4, 0.5) is 11.6 Å². The van der Waals surface area contributed by atoms with E-state index in [1.807, 2.05) is 35.8 Å². The van der Waals surface area contributed by atoms with E-state index in [4.69, 9.17) is 16.0 Å². The second-order valence-electron chi connectivity index (χ2n) is 7.25. The first-order chi connectivity index (χ1) is 14.6. The average molecular weight is 446 g/mol. The van der Waals surface area contributed by atoms with Crippen molar-refractivity contribution in [3.05, 3.63) is 52.9 Å². The molecule has 1 aliphatic rings. The normalized spacial score (nSPS) is 14.1. The van der Waals surface area contributed by atoms with Gasteiger partial charge in [-0.1, -0.05) is 29.4 Å². The fourth-order valence-electron chi connectivity index (χ4n) is 3.47. The van der Waals surface area contributed by atoms with Crippen molar-refractivity contribution in [2.24, 2.45) is 0 Å². The van der Waals surface area contributed by atoms with Crippen LogP contribution in [0.3, 0.4) is 0 Å². The molecule has 0 aliphatic carbocycles. The molecule has 1 amide bonds. The van der Waals surface area contributed by atoms with E-state index in [0.29, 0.717) is 16.7 Å². The first-order valence-corrected chi connectivity index (χ1v) is 11.4. The van der Waals surface area contributed by atoms with E-state index in [1.54, 1.807) is 12.3 Å². The highest BCUT2D eigenvalue weighted by Crippen LogP contribution is 2.27. The Kier molecular flexibility index (Phi) is 6.64. The van der Waals surface area contributed by atoms with Gasteiger partial charge < -0.3 is 14.6 Å². The van der Waals surface area contributed by atoms with Crippen molar-refractivity contribution in [1.82, 2.24) is 14.8 Å². The molecule has 1 aliphatic heterocycles. The molecule has 1 aromatic carbocycles. The van der Waals surface area contributed by atoms with Gasteiger partial charge in [0, 0.05) is 23.8 Å². The van der Waals surface area contributed by atoms with Gasteiger partial charge in [0.15, 0.2) is 5.16 Å². The molecule has 1 saturated heterocycles. The summed E-state index contributed by atoms with van der Waals surface area (Å²) in [5.74, 6) is 1.77. The van der Waals surface area contributed by atoms with Crippen molar-refractivity contribution in [3.8, 4) is 0 Å². The van der Waals surface area contributed by atoms with Gasteiger partial charge in [-0.15, -0.1) is 10.2 Å². The molecule has 7 nitrogen and oxygen atoms in total. The van der Waals surface area contributed by atoms with Gasteiger partial charge in [-0.3, -0.25) is 9.36 Å². The largest absolute Gasteiger partial charge is 0.467 e. The lowest BCUT2D eigenvalue weighted by molar-refractivity contribution is -0.113. The molecule has 0 spiro atoms. The number of carbonyl (C=O) groups excluding carboxylic acids is 1. The minimum Gasteiger partial charge on any atom is -0.467 e. The van der Waals surface area contributed by atoms with Gasteiger partial charge in [0.05, 0.1) is 18.6 Å². The maximum absolute atomic E-state index is 12.5. The summed E-state index contributed by atoms with van der Waals surface area (Å²) in [5, 5.41) is 13.1. The highest BCUT2D eigenvalue weighted by atomic mass is 35.5. The van der Waals surface area contributed by atoms with E-state index in [9.17, 15) is 4.79 Å². The molecule has 0 unspecified atom stereocenters. The van der Waals surface area contributed by atoms with Crippen LogP contribution < -0.4 is 10.2 Å². The van der Waals surface area contributed by atoms with Crippen LogP contribution >= 0.6 is 23.4 Å². The molecule has 4 rings (SSSR count). The molecule has 0 radical (unpaired) electrons. The van der Waals surface area contributed by atoms with Gasteiger partial charge in [0.25, 0.3) is 0 Å². The van der Waals surface area contributed by atoms with Crippen molar-refractivity contribution in [1.29, 1.82) is 0 Å². The quantitative estimate of drug-likeness (QED) is 0.535. The van der Waals surface area contributed by atoms with Crippen LogP contribution in [-0.4, -0.2) is 39.5 Å². The standard InChI is InChI=1S/C21H24ClN5O2S/c1-15-17(22)8-5-9-18(15)23-19(28)14-30-21-25-24-20(26-10-3-2-4-11-26)27(21)13-16-7-6-12-29-16/h5-9,12H,2-4,10-11,13-14H2,1H3,(H,23,28). The predicted octanol–water partition coefficient (Wildman–Crippen LogP) is 4.60. The Morgan fingerprint density at radius 2 is 2.03 bits per heavy atom. The number of aromatic nitrogens is 3. The minimum absolute atomic E-state index is 0.113. The summed E-state index contributed by atoms with van der Waals surface area (Å²) >= 11 is 7.51. The van der Waals surface area contributed by atoms with Crippen molar-refractivity contribution in [2.45, 2.75) is 37.9 Å². The SMILES string of the molecule is Cc1c(Cl)cccc1NC(=O)CSc1nnc(N2CCCCC2)n1Cc1ccco1. The topological polar surface area (TPSA) is 76.2 Å². The van der Waals surface area contributed by atoms with Crippen LogP contribution in [0.1, 0.15) is 30.6 Å². The zero-order valence-electron chi connectivity index (χ0n) is 16.8. The van der Waals surface area contributed by atoms with Crippen LogP contribution in [-0.2, 0) is 11.3 Å². The fourth-order valence-corrected chi connectivity index (χ4v) is 4.38. The molecule has 9 heteroatoms.